The minimum Gasteiger partial charge on any atom is -0.325 e. The zero-order chi connectivity index (χ0) is 28.0. The topological polar surface area (TPSA) is 138 Å². The van der Waals surface area contributed by atoms with E-state index in [0.717, 1.165) is 9.87 Å². The highest BCUT2D eigenvalue weighted by molar-refractivity contribution is 7.93. The summed E-state index contributed by atoms with van der Waals surface area (Å²) in [6, 6.07) is 21.9. The van der Waals surface area contributed by atoms with Crippen LogP contribution in [0, 0.1) is 0 Å². The first kappa shape index (κ1) is 27.7. The Morgan fingerprint density at radius 1 is 0.795 bits per heavy atom. The molecular weight excluding hydrogens is 538 g/mol. The number of amides is 1. The predicted octanol–water partition coefficient (Wildman–Crippen LogP) is 4.23. The van der Waals surface area contributed by atoms with Gasteiger partial charge in [0.2, 0.25) is 11.9 Å². The second kappa shape index (κ2) is 11.6. The van der Waals surface area contributed by atoms with Crippen molar-refractivity contribution in [2.45, 2.75) is 29.6 Å². The number of rotatable bonds is 10. The number of anilines is 3. The Morgan fingerprint density at radius 2 is 1.41 bits per heavy atom. The minimum absolute atomic E-state index is 0.0511. The molecule has 0 spiro atoms. The second-order valence-corrected chi connectivity index (χ2v) is 12.4. The van der Waals surface area contributed by atoms with Crippen LogP contribution in [0.15, 0.2) is 107 Å². The highest BCUT2D eigenvalue weighted by Crippen LogP contribution is 2.26. The fourth-order valence-electron chi connectivity index (χ4n) is 3.64. The van der Waals surface area contributed by atoms with Gasteiger partial charge in [-0.3, -0.25) is 9.10 Å². The molecule has 0 radical (unpaired) electrons. The molecule has 0 aliphatic heterocycles. The van der Waals surface area contributed by atoms with Gasteiger partial charge in [0.05, 0.1) is 15.5 Å². The molecule has 0 aliphatic carbocycles. The number of nitrogens with one attached hydrogen (secondary N) is 2. The normalized spacial score (nSPS) is 11.7. The van der Waals surface area contributed by atoms with Gasteiger partial charge in [-0.15, -0.1) is 0 Å². The molecule has 0 saturated carbocycles. The second-order valence-electron chi connectivity index (χ2n) is 8.82. The third-order valence-electron chi connectivity index (χ3n) is 5.71. The number of benzene rings is 3. The molecule has 39 heavy (non-hydrogen) atoms. The van der Waals surface area contributed by atoms with Crippen molar-refractivity contribution < 1.29 is 21.6 Å². The lowest BCUT2D eigenvalue weighted by Crippen LogP contribution is -2.38. The Balaban J connectivity index is 1.54. The monoisotopic (exact) mass is 565 g/mol. The van der Waals surface area contributed by atoms with Crippen LogP contribution in [0.25, 0.3) is 0 Å². The summed E-state index contributed by atoms with van der Waals surface area (Å²) in [6.45, 7) is 3.57. The van der Waals surface area contributed by atoms with E-state index in [0.29, 0.717) is 11.4 Å². The van der Waals surface area contributed by atoms with Gasteiger partial charge in [0.1, 0.15) is 6.54 Å². The molecule has 0 fully saturated rings. The summed E-state index contributed by atoms with van der Waals surface area (Å²) in [5, 5.41) is 2.64. The van der Waals surface area contributed by atoms with E-state index >= 15 is 0 Å². The Hall–Kier alpha value is -4.29. The SMILES string of the molecule is CC(C)c1ccc(N(CC(=O)Nc2ccc(S(=O)(=O)Nc3ncccn3)cc2)S(=O)(=O)c2ccccc2)cc1. The molecule has 4 rings (SSSR count). The van der Waals surface area contributed by atoms with Crippen LogP contribution in [0.2, 0.25) is 0 Å². The average Bonchev–Trinajstić information content (AvgIpc) is 2.93. The highest BCUT2D eigenvalue weighted by atomic mass is 32.2. The lowest BCUT2D eigenvalue weighted by Gasteiger charge is -2.24. The first-order valence-electron chi connectivity index (χ1n) is 11.9. The Labute approximate surface area is 227 Å². The van der Waals surface area contributed by atoms with E-state index in [1.165, 1.54) is 48.8 Å². The van der Waals surface area contributed by atoms with Crippen LogP contribution in [-0.2, 0) is 24.8 Å². The first-order valence-corrected chi connectivity index (χ1v) is 14.9. The summed E-state index contributed by atoms with van der Waals surface area (Å²) in [6.07, 6.45) is 2.81. The van der Waals surface area contributed by atoms with E-state index in [-0.39, 0.29) is 21.7 Å². The molecule has 0 unspecified atom stereocenters. The summed E-state index contributed by atoms with van der Waals surface area (Å²) in [5.74, 6) is -0.423. The van der Waals surface area contributed by atoms with E-state index < -0.39 is 32.5 Å². The van der Waals surface area contributed by atoms with Gasteiger partial charge in [-0.1, -0.05) is 44.2 Å². The van der Waals surface area contributed by atoms with Crippen LogP contribution < -0.4 is 14.3 Å². The van der Waals surface area contributed by atoms with E-state index in [2.05, 4.69) is 20.0 Å². The van der Waals surface area contributed by atoms with Gasteiger partial charge in [0.15, 0.2) is 0 Å². The van der Waals surface area contributed by atoms with Crippen LogP contribution in [0.1, 0.15) is 25.3 Å². The number of carbonyl (C=O) groups excluding carboxylic acids is 1. The number of hydrogen-bond acceptors (Lipinski definition) is 7. The summed E-state index contributed by atoms with van der Waals surface area (Å²) in [4.78, 5) is 20.7. The zero-order valence-corrected chi connectivity index (χ0v) is 22.9. The number of carbonyl (C=O) groups is 1. The van der Waals surface area contributed by atoms with Gasteiger partial charge >= 0.3 is 0 Å². The van der Waals surface area contributed by atoms with Crippen molar-refractivity contribution in [3.05, 3.63) is 103 Å². The first-order chi connectivity index (χ1) is 18.6. The minimum atomic E-state index is -4.06. The van der Waals surface area contributed by atoms with Crippen molar-refractivity contribution in [1.82, 2.24) is 9.97 Å². The molecule has 0 bridgehead atoms. The molecular formula is C27H27N5O5S2. The third kappa shape index (κ3) is 6.78. The molecule has 3 aromatic carbocycles. The molecule has 1 amide bonds. The fraction of sp³-hybridized carbons (Fsp3) is 0.148. The van der Waals surface area contributed by atoms with E-state index in [4.69, 9.17) is 0 Å². The van der Waals surface area contributed by atoms with Crippen molar-refractivity contribution in [2.24, 2.45) is 0 Å². The number of aromatic nitrogens is 2. The molecule has 2 N–H and O–H groups in total. The molecule has 202 valence electrons. The highest BCUT2D eigenvalue weighted by Gasteiger charge is 2.27. The Kier molecular flexibility index (Phi) is 8.27. The molecule has 1 heterocycles. The lowest BCUT2D eigenvalue weighted by molar-refractivity contribution is -0.114. The maximum Gasteiger partial charge on any atom is 0.264 e. The molecule has 4 aromatic rings. The van der Waals surface area contributed by atoms with Gasteiger partial charge in [-0.25, -0.2) is 31.5 Å². The standard InChI is InChI=1S/C27H27N5O5S2/c1-20(2)21-9-13-23(14-10-21)32(39(36,37)25-7-4-3-5-8-25)19-26(33)30-22-11-15-24(16-12-22)38(34,35)31-27-28-17-6-18-29-27/h3-18,20H,19H2,1-2H3,(H,30,33)(H,28,29,31). The predicted molar refractivity (Wildman–Crippen MR) is 149 cm³/mol. The van der Waals surface area contributed by atoms with Crippen LogP contribution in [0.3, 0.4) is 0 Å². The summed E-state index contributed by atoms with van der Waals surface area (Å²) >= 11 is 0. The molecule has 0 aliphatic rings. The number of nitrogens with zero attached hydrogens (tertiary/aromatic N) is 3. The summed E-state index contributed by atoms with van der Waals surface area (Å²) < 4.78 is 55.5. The quantitative estimate of drug-likeness (QED) is 0.293. The van der Waals surface area contributed by atoms with Crippen molar-refractivity contribution in [2.75, 3.05) is 20.9 Å². The average molecular weight is 566 g/mol. The molecule has 12 heteroatoms. The van der Waals surface area contributed by atoms with E-state index in [1.54, 1.807) is 36.4 Å². The Morgan fingerprint density at radius 3 is 2.00 bits per heavy atom. The van der Waals surface area contributed by atoms with Crippen LogP contribution in [-0.4, -0.2) is 39.3 Å². The van der Waals surface area contributed by atoms with Crippen molar-refractivity contribution in [3.8, 4) is 0 Å². The van der Waals surface area contributed by atoms with Crippen LogP contribution in [0.5, 0.6) is 0 Å². The maximum atomic E-state index is 13.5. The zero-order valence-electron chi connectivity index (χ0n) is 21.2. The number of sulfonamides is 2. The van der Waals surface area contributed by atoms with Gasteiger partial charge in [0, 0.05) is 18.1 Å². The molecule has 10 nitrogen and oxygen atoms in total. The van der Waals surface area contributed by atoms with Crippen LogP contribution in [0.4, 0.5) is 17.3 Å². The summed E-state index contributed by atoms with van der Waals surface area (Å²) in [5.41, 5.74) is 1.67. The van der Waals surface area contributed by atoms with Gasteiger partial charge in [-0.2, -0.15) is 0 Å². The van der Waals surface area contributed by atoms with E-state index in [1.807, 2.05) is 26.0 Å². The van der Waals surface area contributed by atoms with E-state index in [9.17, 15) is 21.6 Å². The van der Waals surface area contributed by atoms with Gasteiger partial charge in [0.25, 0.3) is 20.0 Å². The van der Waals surface area contributed by atoms with Crippen molar-refractivity contribution >= 4 is 43.3 Å². The van der Waals surface area contributed by atoms with Crippen molar-refractivity contribution in [1.29, 1.82) is 0 Å². The Bertz CT molecular complexity index is 1630. The number of hydrogen-bond donors (Lipinski definition) is 2. The van der Waals surface area contributed by atoms with Gasteiger partial charge < -0.3 is 5.32 Å². The van der Waals surface area contributed by atoms with Crippen molar-refractivity contribution in [3.63, 3.8) is 0 Å². The molecule has 1 aromatic heterocycles. The smallest absolute Gasteiger partial charge is 0.264 e. The fourth-order valence-corrected chi connectivity index (χ4v) is 6.04. The van der Waals surface area contributed by atoms with Crippen LogP contribution >= 0.6 is 0 Å². The lowest BCUT2D eigenvalue weighted by atomic mass is 10.0. The van der Waals surface area contributed by atoms with Gasteiger partial charge in [-0.05, 0) is 66.1 Å². The molecule has 0 atom stereocenters. The largest absolute Gasteiger partial charge is 0.325 e. The summed E-state index contributed by atoms with van der Waals surface area (Å²) in [7, 11) is -8.01. The maximum absolute atomic E-state index is 13.5. The molecule has 0 saturated heterocycles. The third-order valence-corrected chi connectivity index (χ3v) is 8.84.